The molecule has 0 bridgehead atoms. The van der Waals surface area contributed by atoms with Crippen LogP contribution in [0, 0.1) is 0 Å². The Hall–Kier alpha value is -2.15. The fourth-order valence-corrected chi connectivity index (χ4v) is 4.88. The molecule has 0 radical (unpaired) electrons. The normalized spacial score (nSPS) is 11.9. The number of aromatic nitrogens is 3. The maximum atomic E-state index is 13.5. The number of hydrogen-bond acceptors (Lipinski definition) is 3. The minimum absolute atomic E-state index is 0.168. The highest BCUT2D eigenvalue weighted by Crippen LogP contribution is 2.36. The molecule has 0 aromatic carbocycles. The van der Waals surface area contributed by atoms with Gasteiger partial charge < -0.3 is 10.2 Å². The first kappa shape index (κ1) is 24.5. The van der Waals surface area contributed by atoms with Gasteiger partial charge in [0.1, 0.15) is 5.69 Å². The largest absolute Gasteiger partial charge is 0.573 e. The average molecular weight is 463 g/mol. The Kier molecular flexibility index (Phi) is 8.91. The standard InChI is InChI=1S/C25H31F3N3S/c1-3-5-7-9-11-19-13-14-22(32-19)18-15-16-29-21(17-18)23-20(12-10-8-6-4-2)24(31-30-23)25(26,27)28/h13-17H,3-12H2,1-2H3/q-1. The van der Waals surface area contributed by atoms with Crippen LogP contribution < -0.4 is 5.10 Å². The topological polar surface area (TPSA) is 39.9 Å². The second kappa shape index (κ2) is 11.6. The van der Waals surface area contributed by atoms with Gasteiger partial charge in [0.15, 0.2) is 0 Å². The van der Waals surface area contributed by atoms with E-state index in [2.05, 4.69) is 41.2 Å². The summed E-state index contributed by atoms with van der Waals surface area (Å²) >= 11 is 1.74. The molecule has 0 N–H and O–H groups in total. The van der Waals surface area contributed by atoms with E-state index >= 15 is 0 Å². The zero-order chi connectivity index (χ0) is 23.0. The summed E-state index contributed by atoms with van der Waals surface area (Å²) in [6.07, 6.45) is 7.01. The molecule has 3 nitrogen and oxygen atoms in total. The van der Waals surface area contributed by atoms with E-state index in [1.54, 1.807) is 17.5 Å². The summed E-state index contributed by atoms with van der Waals surface area (Å²) < 4.78 is 40.6. The van der Waals surface area contributed by atoms with Crippen molar-refractivity contribution in [3.8, 4) is 21.8 Å². The van der Waals surface area contributed by atoms with Crippen molar-refractivity contribution >= 4 is 11.3 Å². The van der Waals surface area contributed by atoms with Gasteiger partial charge in [-0.15, -0.1) is 11.3 Å². The quantitative estimate of drug-likeness (QED) is 0.255. The van der Waals surface area contributed by atoms with Crippen molar-refractivity contribution in [1.82, 2.24) is 15.2 Å². The van der Waals surface area contributed by atoms with Gasteiger partial charge in [0, 0.05) is 16.0 Å². The van der Waals surface area contributed by atoms with Crippen LogP contribution in [0.1, 0.15) is 81.3 Å². The van der Waals surface area contributed by atoms with Gasteiger partial charge in [0.05, 0.1) is 5.69 Å². The fourth-order valence-electron chi connectivity index (χ4n) is 3.84. The Bertz CT molecular complexity index is 975. The summed E-state index contributed by atoms with van der Waals surface area (Å²) in [5, 5.41) is 7.43. The van der Waals surface area contributed by atoms with E-state index in [9.17, 15) is 13.2 Å². The molecule has 0 amide bonds. The molecule has 3 aromatic heterocycles. The molecule has 174 valence electrons. The van der Waals surface area contributed by atoms with E-state index in [0.717, 1.165) is 36.1 Å². The molecule has 0 aliphatic rings. The first-order chi connectivity index (χ1) is 15.4. The zero-order valence-corrected chi connectivity index (χ0v) is 19.7. The number of aryl methyl sites for hydroxylation is 1. The molecule has 3 aromatic rings. The lowest BCUT2D eigenvalue weighted by molar-refractivity contribution is -0.141. The predicted molar refractivity (Wildman–Crippen MR) is 125 cm³/mol. The monoisotopic (exact) mass is 462 g/mol. The highest BCUT2D eigenvalue weighted by molar-refractivity contribution is 7.15. The van der Waals surface area contributed by atoms with Gasteiger partial charge >= 0.3 is 6.18 Å². The maximum absolute atomic E-state index is 13.5. The summed E-state index contributed by atoms with van der Waals surface area (Å²) in [6.45, 7) is 4.28. The van der Waals surface area contributed by atoms with Crippen molar-refractivity contribution in [1.29, 1.82) is 0 Å². The van der Waals surface area contributed by atoms with Crippen molar-refractivity contribution in [2.24, 2.45) is 0 Å². The van der Waals surface area contributed by atoms with Crippen LogP contribution in [0.15, 0.2) is 30.5 Å². The summed E-state index contributed by atoms with van der Waals surface area (Å²) in [5.74, 6) is 0. The third kappa shape index (κ3) is 6.44. The summed E-state index contributed by atoms with van der Waals surface area (Å²) in [7, 11) is 0. The first-order valence-electron chi connectivity index (χ1n) is 11.6. The van der Waals surface area contributed by atoms with E-state index in [0.29, 0.717) is 18.5 Å². The van der Waals surface area contributed by atoms with Crippen LogP contribution in [0.25, 0.3) is 21.8 Å². The molecule has 0 unspecified atom stereocenters. The second-order valence-electron chi connectivity index (χ2n) is 8.19. The molecule has 0 aliphatic heterocycles. The lowest BCUT2D eigenvalue weighted by atomic mass is 10.0. The minimum atomic E-state index is -4.51. The van der Waals surface area contributed by atoms with Crippen molar-refractivity contribution < 1.29 is 13.2 Å². The smallest absolute Gasteiger partial charge is 0.431 e. The van der Waals surface area contributed by atoms with Gasteiger partial charge in [0.25, 0.3) is 0 Å². The molecule has 3 rings (SSSR count). The fraction of sp³-hybridized carbons (Fsp3) is 0.520. The van der Waals surface area contributed by atoms with Gasteiger partial charge in [-0.25, -0.2) is 0 Å². The third-order valence-electron chi connectivity index (χ3n) is 5.60. The van der Waals surface area contributed by atoms with E-state index in [1.165, 1.54) is 30.6 Å². The molecule has 0 atom stereocenters. The SMILES string of the molecule is CCCCCCc1ccc(-c2ccnc(-c3[n-]nc(C(F)(F)F)c3CCCCCC)c2)s1. The highest BCUT2D eigenvalue weighted by Gasteiger charge is 2.35. The van der Waals surface area contributed by atoms with Crippen molar-refractivity contribution in [2.75, 3.05) is 0 Å². The second-order valence-corrected chi connectivity index (χ2v) is 9.36. The number of nitrogens with zero attached hydrogens (tertiary/aromatic N) is 3. The maximum Gasteiger partial charge on any atom is 0.431 e. The number of thiophene rings is 1. The van der Waals surface area contributed by atoms with Crippen molar-refractivity contribution in [3.63, 3.8) is 0 Å². The van der Waals surface area contributed by atoms with Crippen LogP contribution in [0.2, 0.25) is 0 Å². The predicted octanol–water partition coefficient (Wildman–Crippen LogP) is 8.09. The highest BCUT2D eigenvalue weighted by atomic mass is 32.1. The van der Waals surface area contributed by atoms with Gasteiger partial charge in [-0.1, -0.05) is 58.1 Å². The van der Waals surface area contributed by atoms with E-state index in [4.69, 9.17) is 0 Å². The Balaban J connectivity index is 1.83. The van der Waals surface area contributed by atoms with E-state index in [-0.39, 0.29) is 11.3 Å². The van der Waals surface area contributed by atoms with Gasteiger partial charge in [-0.05, 0) is 61.1 Å². The molecule has 3 heterocycles. The van der Waals surface area contributed by atoms with Crippen LogP contribution in [-0.2, 0) is 19.0 Å². The molecular weight excluding hydrogens is 431 g/mol. The Labute approximate surface area is 192 Å². The molecule has 0 saturated heterocycles. The number of hydrogen-bond donors (Lipinski definition) is 0. The Morgan fingerprint density at radius 3 is 2.31 bits per heavy atom. The first-order valence-corrected chi connectivity index (χ1v) is 12.4. The molecule has 0 spiro atoms. The number of unbranched alkanes of at least 4 members (excludes halogenated alkanes) is 6. The molecule has 0 aliphatic carbocycles. The van der Waals surface area contributed by atoms with Gasteiger partial charge in [0.2, 0.25) is 0 Å². The van der Waals surface area contributed by atoms with E-state index in [1.807, 2.05) is 12.1 Å². The Morgan fingerprint density at radius 2 is 1.62 bits per heavy atom. The van der Waals surface area contributed by atoms with Crippen LogP contribution >= 0.6 is 11.3 Å². The average Bonchev–Trinajstić information content (AvgIpc) is 3.42. The molecule has 0 fully saturated rings. The minimum Gasteiger partial charge on any atom is -0.573 e. The zero-order valence-electron chi connectivity index (χ0n) is 18.8. The van der Waals surface area contributed by atoms with Crippen LogP contribution in [0.5, 0.6) is 0 Å². The summed E-state index contributed by atoms with van der Waals surface area (Å²) in [5.41, 5.74) is 0.956. The summed E-state index contributed by atoms with van der Waals surface area (Å²) in [6, 6.07) is 7.97. The molecule has 7 heteroatoms. The van der Waals surface area contributed by atoms with Gasteiger partial charge in [-0.3, -0.25) is 4.98 Å². The van der Waals surface area contributed by atoms with Crippen molar-refractivity contribution in [2.45, 2.75) is 84.2 Å². The summed E-state index contributed by atoms with van der Waals surface area (Å²) in [4.78, 5) is 6.78. The van der Waals surface area contributed by atoms with Gasteiger partial charge in [-0.2, -0.15) is 13.2 Å². The third-order valence-corrected chi connectivity index (χ3v) is 6.79. The number of pyridine rings is 1. The van der Waals surface area contributed by atoms with Crippen LogP contribution in [-0.4, -0.2) is 10.1 Å². The van der Waals surface area contributed by atoms with Crippen LogP contribution in [0.3, 0.4) is 0 Å². The number of alkyl halides is 3. The molecule has 0 saturated carbocycles. The number of halogens is 3. The van der Waals surface area contributed by atoms with Crippen molar-refractivity contribution in [3.05, 3.63) is 46.6 Å². The lowest BCUT2D eigenvalue weighted by Gasteiger charge is -2.13. The van der Waals surface area contributed by atoms with Crippen LogP contribution in [0.4, 0.5) is 13.2 Å². The number of rotatable bonds is 12. The van der Waals surface area contributed by atoms with E-state index < -0.39 is 11.9 Å². The lowest BCUT2D eigenvalue weighted by Crippen LogP contribution is -2.09. The molecular formula is C25H31F3N3S-. The Morgan fingerprint density at radius 1 is 0.906 bits per heavy atom. The molecule has 32 heavy (non-hydrogen) atoms.